The van der Waals surface area contributed by atoms with E-state index in [0.717, 1.165) is 44.4 Å². The Morgan fingerprint density at radius 1 is 1.26 bits per heavy atom. The van der Waals surface area contributed by atoms with Crippen LogP contribution >= 0.6 is 0 Å². The maximum atomic E-state index is 11.8. The van der Waals surface area contributed by atoms with Gasteiger partial charge in [0, 0.05) is 40.3 Å². The molecular weight excluding hydrogens is 360 g/mol. The first-order chi connectivity index (χ1) is 13.0. The average Bonchev–Trinajstić information content (AvgIpc) is 2.69. The SMILES string of the molecule is CCS(=O)(=O)N(C)CCCNC(=NC)N1CCC(Cc2ccccc2)CC1. The molecular formula is C20H34N4O2S. The fraction of sp³-hybridized carbons (Fsp3) is 0.650. The highest BCUT2D eigenvalue weighted by Gasteiger charge is 2.21. The molecule has 0 atom stereocenters. The summed E-state index contributed by atoms with van der Waals surface area (Å²) in [5.74, 6) is 1.81. The molecule has 1 aliphatic rings. The number of nitrogens with one attached hydrogen (secondary N) is 1. The third kappa shape index (κ3) is 6.81. The highest BCUT2D eigenvalue weighted by molar-refractivity contribution is 7.89. The van der Waals surface area contributed by atoms with Crippen molar-refractivity contribution in [3.05, 3.63) is 35.9 Å². The highest BCUT2D eigenvalue weighted by Crippen LogP contribution is 2.21. The summed E-state index contributed by atoms with van der Waals surface area (Å²) < 4.78 is 25.0. The minimum absolute atomic E-state index is 0.149. The first kappa shape index (κ1) is 21.7. The maximum absolute atomic E-state index is 11.8. The van der Waals surface area contributed by atoms with Crippen molar-refractivity contribution in [3.63, 3.8) is 0 Å². The Kier molecular flexibility index (Phi) is 8.57. The minimum Gasteiger partial charge on any atom is -0.356 e. The lowest BCUT2D eigenvalue weighted by molar-refractivity contribution is 0.259. The average molecular weight is 395 g/mol. The van der Waals surface area contributed by atoms with Crippen molar-refractivity contribution in [2.75, 3.05) is 46.0 Å². The topological polar surface area (TPSA) is 65.0 Å². The van der Waals surface area contributed by atoms with Crippen molar-refractivity contribution in [2.45, 2.75) is 32.6 Å². The van der Waals surface area contributed by atoms with Crippen molar-refractivity contribution in [2.24, 2.45) is 10.9 Å². The molecule has 1 N–H and O–H groups in total. The number of likely N-dealkylation sites (tertiary alicyclic amines) is 1. The smallest absolute Gasteiger partial charge is 0.213 e. The van der Waals surface area contributed by atoms with Crippen molar-refractivity contribution in [1.82, 2.24) is 14.5 Å². The normalized spacial score (nSPS) is 16.7. The van der Waals surface area contributed by atoms with E-state index in [2.05, 4.69) is 45.5 Å². The van der Waals surface area contributed by atoms with Gasteiger partial charge in [-0.25, -0.2) is 12.7 Å². The van der Waals surface area contributed by atoms with Gasteiger partial charge in [-0.15, -0.1) is 0 Å². The van der Waals surface area contributed by atoms with Crippen LogP contribution in [0.25, 0.3) is 0 Å². The van der Waals surface area contributed by atoms with Gasteiger partial charge in [-0.2, -0.15) is 0 Å². The molecule has 0 aliphatic carbocycles. The van der Waals surface area contributed by atoms with Crippen LogP contribution in [0.1, 0.15) is 31.7 Å². The van der Waals surface area contributed by atoms with Crippen LogP contribution in [0.5, 0.6) is 0 Å². The van der Waals surface area contributed by atoms with Gasteiger partial charge >= 0.3 is 0 Å². The van der Waals surface area contributed by atoms with Gasteiger partial charge in [0.15, 0.2) is 5.96 Å². The third-order valence-corrected chi connectivity index (χ3v) is 7.13. The molecule has 0 amide bonds. The molecule has 0 radical (unpaired) electrons. The van der Waals surface area contributed by atoms with Crippen LogP contribution < -0.4 is 5.32 Å². The monoisotopic (exact) mass is 394 g/mol. The van der Waals surface area contributed by atoms with Crippen molar-refractivity contribution in [3.8, 4) is 0 Å². The predicted molar refractivity (Wildman–Crippen MR) is 113 cm³/mol. The number of sulfonamides is 1. The molecule has 7 heteroatoms. The maximum Gasteiger partial charge on any atom is 0.213 e. The van der Waals surface area contributed by atoms with Gasteiger partial charge in [-0.1, -0.05) is 30.3 Å². The van der Waals surface area contributed by atoms with E-state index in [1.165, 1.54) is 22.7 Å². The van der Waals surface area contributed by atoms with Gasteiger partial charge in [0.2, 0.25) is 10.0 Å². The Balaban J connectivity index is 1.71. The fourth-order valence-electron chi connectivity index (χ4n) is 3.49. The van der Waals surface area contributed by atoms with Gasteiger partial charge in [-0.05, 0) is 44.1 Å². The van der Waals surface area contributed by atoms with E-state index >= 15 is 0 Å². The van der Waals surface area contributed by atoms with Gasteiger partial charge in [0.25, 0.3) is 0 Å². The summed E-state index contributed by atoms with van der Waals surface area (Å²) in [5, 5.41) is 3.38. The molecule has 0 unspecified atom stereocenters. The third-order valence-electron chi connectivity index (χ3n) is 5.27. The van der Waals surface area contributed by atoms with Gasteiger partial charge in [-0.3, -0.25) is 4.99 Å². The second-order valence-electron chi connectivity index (χ2n) is 7.17. The van der Waals surface area contributed by atoms with Crippen LogP contribution in [0.4, 0.5) is 0 Å². The lowest BCUT2D eigenvalue weighted by atomic mass is 9.90. The van der Waals surface area contributed by atoms with Crippen molar-refractivity contribution >= 4 is 16.0 Å². The Morgan fingerprint density at radius 3 is 2.52 bits per heavy atom. The van der Waals surface area contributed by atoms with Crippen LogP contribution in [0.3, 0.4) is 0 Å². The zero-order chi connectivity index (χ0) is 19.7. The number of hydrogen-bond donors (Lipinski definition) is 1. The van der Waals surface area contributed by atoms with E-state index in [-0.39, 0.29) is 5.75 Å². The molecule has 0 spiro atoms. The number of nitrogens with zero attached hydrogens (tertiary/aromatic N) is 3. The van der Waals surface area contributed by atoms with E-state index in [0.29, 0.717) is 6.54 Å². The molecule has 1 heterocycles. The summed E-state index contributed by atoms with van der Waals surface area (Å²) >= 11 is 0. The minimum atomic E-state index is -3.09. The highest BCUT2D eigenvalue weighted by atomic mass is 32.2. The van der Waals surface area contributed by atoms with Crippen LogP contribution in [0.15, 0.2) is 35.3 Å². The molecule has 0 saturated carbocycles. The molecule has 1 aliphatic heterocycles. The standard InChI is InChI=1S/C20H34N4O2S/c1-4-27(25,26)23(3)14-8-13-22-20(21-2)24-15-11-19(12-16-24)17-18-9-6-5-7-10-18/h5-7,9-10,19H,4,8,11-17H2,1-3H3,(H,21,22). The molecule has 0 bridgehead atoms. The molecule has 152 valence electrons. The van der Waals surface area contributed by atoms with Gasteiger partial charge in [0.05, 0.1) is 5.75 Å². The van der Waals surface area contributed by atoms with Crippen LogP contribution in [-0.2, 0) is 16.4 Å². The molecule has 1 fully saturated rings. The number of piperidine rings is 1. The van der Waals surface area contributed by atoms with Gasteiger partial charge < -0.3 is 10.2 Å². The van der Waals surface area contributed by atoms with E-state index in [1.807, 2.05) is 7.05 Å². The molecule has 1 aromatic carbocycles. The molecule has 2 rings (SSSR count). The first-order valence-corrected chi connectivity index (χ1v) is 11.5. The van der Waals surface area contributed by atoms with Crippen LogP contribution in [0, 0.1) is 5.92 Å². The van der Waals surface area contributed by atoms with E-state index in [1.54, 1.807) is 14.0 Å². The van der Waals surface area contributed by atoms with Crippen molar-refractivity contribution in [1.29, 1.82) is 0 Å². The molecule has 1 saturated heterocycles. The Morgan fingerprint density at radius 2 is 1.93 bits per heavy atom. The number of aliphatic imine (C=N–C) groups is 1. The Hall–Kier alpha value is -1.60. The van der Waals surface area contributed by atoms with Crippen LogP contribution in [-0.4, -0.2) is 69.6 Å². The second-order valence-corrected chi connectivity index (χ2v) is 9.53. The summed E-state index contributed by atoms with van der Waals surface area (Å²) in [7, 11) is 0.364. The Labute approximate surface area is 164 Å². The largest absolute Gasteiger partial charge is 0.356 e. The number of guanidine groups is 1. The van der Waals surface area contributed by atoms with E-state index in [9.17, 15) is 8.42 Å². The predicted octanol–water partition coefficient (Wildman–Crippen LogP) is 2.19. The lowest BCUT2D eigenvalue weighted by Crippen LogP contribution is -2.46. The summed E-state index contributed by atoms with van der Waals surface area (Å²) in [6, 6.07) is 10.7. The zero-order valence-corrected chi connectivity index (χ0v) is 17.7. The second kappa shape index (κ2) is 10.7. The van der Waals surface area contributed by atoms with E-state index < -0.39 is 10.0 Å². The molecule has 1 aromatic rings. The first-order valence-electron chi connectivity index (χ1n) is 9.89. The fourth-order valence-corrected chi connectivity index (χ4v) is 4.34. The lowest BCUT2D eigenvalue weighted by Gasteiger charge is -2.34. The summed E-state index contributed by atoms with van der Waals surface area (Å²) in [5.41, 5.74) is 1.42. The quantitative estimate of drug-likeness (QED) is 0.417. The number of rotatable bonds is 8. The Bertz CT molecular complexity index is 683. The van der Waals surface area contributed by atoms with E-state index in [4.69, 9.17) is 0 Å². The summed E-state index contributed by atoms with van der Waals surface area (Å²) in [4.78, 5) is 6.72. The molecule has 6 nitrogen and oxygen atoms in total. The number of benzene rings is 1. The zero-order valence-electron chi connectivity index (χ0n) is 16.9. The number of hydrogen-bond acceptors (Lipinski definition) is 3. The summed E-state index contributed by atoms with van der Waals surface area (Å²) in [6.45, 7) is 4.95. The van der Waals surface area contributed by atoms with Crippen molar-refractivity contribution < 1.29 is 8.42 Å². The summed E-state index contributed by atoms with van der Waals surface area (Å²) in [6.07, 6.45) is 4.26. The molecule has 27 heavy (non-hydrogen) atoms. The molecule has 0 aromatic heterocycles. The van der Waals surface area contributed by atoms with Crippen LogP contribution in [0.2, 0.25) is 0 Å². The van der Waals surface area contributed by atoms with Gasteiger partial charge in [0.1, 0.15) is 0 Å².